The van der Waals surface area contributed by atoms with E-state index < -0.39 is 0 Å². The van der Waals surface area contributed by atoms with Gasteiger partial charge in [-0.2, -0.15) is 0 Å². The molecule has 0 aliphatic rings. The highest BCUT2D eigenvalue weighted by Gasteiger charge is 2.15. The molecule has 1 aromatic heterocycles. The van der Waals surface area contributed by atoms with Gasteiger partial charge >= 0.3 is 0 Å². The van der Waals surface area contributed by atoms with Crippen molar-refractivity contribution in [2.45, 2.75) is 26.7 Å². The van der Waals surface area contributed by atoms with Gasteiger partial charge in [-0.1, -0.05) is 68.4 Å². The highest BCUT2D eigenvalue weighted by Crippen LogP contribution is 2.35. The van der Waals surface area contributed by atoms with Crippen LogP contribution >= 0.6 is 0 Å². The molecule has 0 atom stereocenters. The first-order valence-electron chi connectivity index (χ1n) is 8.44. The van der Waals surface area contributed by atoms with Crippen molar-refractivity contribution in [2.24, 2.45) is 0 Å². The number of hydrogen-bond donors (Lipinski definition) is 0. The topological polar surface area (TPSA) is 4.93 Å². The summed E-state index contributed by atoms with van der Waals surface area (Å²) in [6, 6.07) is 24.2. The molecule has 4 rings (SSSR count). The van der Waals surface area contributed by atoms with Gasteiger partial charge in [0, 0.05) is 16.5 Å². The third-order valence-electron chi connectivity index (χ3n) is 4.77. The minimum absolute atomic E-state index is 1.04. The van der Waals surface area contributed by atoms with Crippen LogP contribution in [0.3, 0.4) is 0 Å². The molecule has 3 aromatic carbocycles. The van der Waals surface area contributed by atoms with Gasteiger partial charge in [0.25, 0.3) is 0 Å². The summed E-state index contributed by atoms with van der Waals surface area (Å²) in [5.74, 6) is 0. The largest absolute Gasteiger partial charge is 0.309 e. The Morgan fingerprint density at radius 3 is 2.13 bits per heavy atom. The Morgan fingerprint density at radius 1 is 0.652 bits per heavy atom. The fraction of sp³-hybridized carbons (Fsp3) is 0.182. The lowest BCUT2D eigenvalue weighted by Crippen LogP contribution is -2.00. The van der Waals surface area contributed by atoms with Gasteiger partial charge < -0.3 is 4.57 Å². The number of nitrogens with zero attached hydrogens (tertiary/aromatic N) is 1. The number of aromatic nitrogens is 1. The van der Waals surface area contributed by atoms with E-state index in [9.17, 15) is 0 Å². The second-order valence-electron chi connectivity index (χ2n) is 6.00. The van der Waals surface area contributed by atoms with Gasteiger partial charge in [0.05, 0.1) is 11.0 Å². The quantitative estimate of drug-likeness (QED) is 0.443. The van der Waals surface area contributed by atoms with Crippen LogP contribution in [0.5, 0.6) is 0 Å². The Kier molecular flexibility index (Phi) is 3.42. The number of hydrogen-bond acceptors (Lipinski definition) is 0. The van der Waals surface area contributed by atoms with Crippen LogP contribution in [-0.4, -0.2) is 4.57 Å². The molecule has 0 bridgehead atoms. The van der Waals surface area contributed by atoms with Gasteiger partial charge in [-0.15, -0.1) is 0 Å². The highest BCUT2D eigenvalue weighted by molar-refractivity contribution is 6.10. The van der Waals surface area contributed by atoms with Gasteiger partial charge in [0.1, 0.15) is 0 Å². The van der Waals surface area contributed by atoms with Crippen molar-refractivity contribution in [3.63, 3.8) is 0 Å². The summed E-state index contributed by atoms with van der Waals surface area (Å²) in [6.45, 7) is 4.47. The second kappa shape index (κ2) is 5.58. The van der Waals surface area contributed by atoms with E-state index in [0.29, 0.717) is 0 Å². The number of para-hydroxylation sites is 3. The molecule has 4 aromatic rings. The average molecular weight is 299 g/mol. The van der Waals surface area contributed by atoms with Gasteiger partial charge in [-0.25, -0.2) is 0 Å². The molecule has 0 aliphatic carbocycles. The first-order chi connectivity index (χ1) is 11.3. The molecule has 1 nitrogen and oxygen atoms in total. The Labute approximate surface area is 137 Å². The van der Waals surface area contributed by atoms with Gasteiger partial charge in [0.15, 0.2) is 0 Å². The zero-order chi connectivity index (χ0) is 15.8. The zero-order valence-corrected chi connectivity index (χ0v) is 13.7. The maximum absolute atomic E-state index is 2.46. The highest BCUT2D eigenvalue weighted by atomic mass is 15.0. The van der Waals surface area contributed by atoms with Gasteiger partial charge in [-0.05, 0) is 36.1 Å². The fourth-order valence-corrected chi connectivity index (χ4v) is 3.65. The predicted octanol–water partition coefficient (Wildman–Crippen LogP) is 5.91. The molecule has 0 saturated carbocycles. The van der Waals surface area contributed by atoms with E-state index in [1.54, 1.807) is 0 Å². The molecule has 0 fully saturated rings. The van der Waals surface area contributed by atoms with E-state index in [-0.39, 0.29) is 0 Å². The molecule has 0 spiro atoms. The third-order valence-corrected chi connectivity index (χ3v) is 4.77. The van der Waals surface area contributed by atoms with E-state index in [0.717, 1.165) is 12.8 Å². The second-order valence-corrected chi connectivity index (χ2v) is 6.00. The van der Waals surface area contributed by atoms with Crippen molar-refractivity contribution in [3.8, 4) is 5.69 Å². The number of benzene rings is 3. The van der Waals surface area contributed by atoms with Crippen molar-refractivity contribution in [1.82, 2.24) is 4.57 Å². The van der Waals surface area contributed by atoms with E-state index in [1.807, 2.05) is 0 Å². The zero-order valence-electron chi connectivity index (χ0n) is 13.7. The lowest BCUT2D eigenvalue weighted by Gasteiger charge is -2.14. The molecule has 1 heteroatoms. The Morgan fingerprint density at radius 2 is 1.30 bits per heavy atom. The first-order valence-corrected chi connectivity index (χ1v) is 8.44. The van der Waals surface area contributed by atoms with E-state index in [1.165, 1.54) is 38.6 Å². The molecule has 0 radical (unpaired) electrons. The maximum atomic E-state index is 2.46. The summed E-state index contributed by atoms with van der Waals surface area (Å²) < 4.78 is 2.46. The van der Waals surface area contributed by atoms with E-state index in [4.69, 9.17) is 0 Å². The predicted molar refractivity (Wildman–Crippen MR) is 99.5 cm³/mol. The van der Waals surface area contributed by atoms with Crippen LogP contribution in [0, 0.1) is 0 Å². The third kappa shape index (κ3) is 2.08. The van der Waals surface area contributed by atoms with Crippen LogP contribution in [-0.2, 0) is 12.8 Å². The van der Waals surface area contributed by atoms with Crippen LogP contribution in [0.4, 0.5) is 0 Å². The molecule has 0 N–H and O–H groups in total. The Bertz CT molecular complexity index is 991. The first kappa shape index (κ1) is 14.1. The molecule has 23 heavy (non-hydrogen) atoms. The Hall–Kier alpha value is -2.54. The molecule has 0 amide bonds. The smallest absolute Gasteiger partial charge is 0.0573 e. The molecule has 114 valence electrons. The average Bonchev–Trinajstić information content (AvgIpc) is 2.96. The molecule has 0 saturated heterocycles. The lowest BCUT2D eigenvalue weighted by molar-refractivity contribution is 1.05. The summed E-state index contributed by atoms with van der Waals surface area (Å²) in [7, 11) is 0. The summed E-state index contributed by atoms with van der Waals surface area (Å²) in [5.41, 5.74) is 6.76. The van der Waals surface area contributed by atoms with E-state index in [2.05, 4.69) is 85.1 Å². The molecule has 0 unspecified atom stereocenters. The minimum Gasteiger partial charge on any atom is -0.309 e. The SMILES string of the molecule is CCc1ccccc1-n1c2ccccc2c2cccc(CC)c21. The summed E-state index contributed by atoms with van der Waals surface area (Å²) >= 11 is 0. The number of fused-ring (bicyclic) bond motifs is 3. The van der Waals surface area contributed by atoms with Crippen molar-refractivity contribution < 1.29 is 0 Å². The van der Waals surface area contributed by atoms with Crippen LogP contribution in [0.1, 0.15) is 25.0 Å². The summed E-state index contributed by atoms with van der Waals surface area (Å²) in [6.07, 6.45) is 2.08. The summed E-state index contributed by atoms with van der Waals surface area (Å²) in [4.78, 5) is 0. The van der Waals surface area contributed by atoms with Gasteiger partial charge in [-0.3, -0.25) is 0 Å². The Balaban J connectivity index is 2.23. The van der Waals surface area contributed by atoms with E-state index >= 15 is 0 Å². The van der Waals surface area contributed by atoms with Crippen LogP contribution in [0.25, 0.3) is 27.5 Å². The molecule has 1 heterocycles. The minimum atomic E-state index is 1.04. The van der Waals surface area contributed by atoms with Crippen molar-refractivity contribution >= 4 is 21.8 Å². The molecular weight excluding hydrogens is 278 g/mol. The standard InChI is InChI=1S/C22H21N/c1-3-16-10-5-7-14-20(16)23-21-15-8-6-12-18(21)19-13-9-11-17(4-2)22(19)23/h5-15H,3-4H2,1-2H3. The maximum Gasteiger partial charge on any atom is 0.0573 e. The molecule has 0 aliphatic heterocycles. The molecular formula is C22H21N. The number of rotatable bonds is 3. The summed E-state index contributed by atoms with van der Waals surface area (Å²) in [5, 5.41) is 2.69. The van der Waals surface area contributed by atoms with Crippen molar-refractivity contribution in [3.05, 3.63) is 77.9 Å². The van der Waals surface area contributed by atoms with Crippen LogP contribution in [0.15, 0.2) is 66.7 Å². The van der Waals surface area contributed by atoms with Crippen LogP contribution < -0.4 is 0 Å². The van der Waals surface area contributed by atoms with Crippen LogP contribution in [0.2, 0.25) is 0 Å². The lowest BCUT2D eigenvalue weighted by atomic mass is 10.1. The number of aryl methyl sites for hydroxylation is 2. The van der Waals surface area contributed by atoms with Crippen molar-refractivity contribution in [1.29, 1.82) is 0 Å². The fourth-order valence-electron chi connectivity index (χ4n) is 3.65. The van der Waals surface area contributed by atoms with Crippen molar-refractivity contribution in [2.75, 3.05) is 0 Å². The van der Waals surface area contributed by atoms with Gasteiger partial charge in [0.2, 0.25) is 0 Å². The monoisotopic (exact) mass is 299 g/mol. The normalized spacial score (nSPS) is 11.4.